The molecule has 0 saturated heterocycles. The van der Waals surface area contributed by atoms with E-state index in [4.69, 9.17) is 4.74 Å². The lowest BCUT2D eigenvalue weighted by atomic mass is 10.2. The van der Waals surface area contributed by atoms with Crippen molar-refractivity contribution >= 4 is 22.2 Å². The number of methoxy groups -OCH3 is 1. The summed E-state index contributed by atoms with van der Waals surface area (Å²) in [4.78, 5) is 17.3. The van der Waals surface area contributed by atoms with Crippen LogP contribution in [0.2, 0.25) is 0 Å². The van der Waals surface area contributed by atoms with Crippen LogP contribution in [0, 0.1) is 6.92 Å². The first-order valence-corrected chi connectivity index (χ1v) is 7.27. The van der Waals surface area contributed by atoms with E-state index in [1.165, 1.54) is 11.3 Å². The molecule has 0 aliphatic heterocycles. The molecule has 0 fully saturated rings. The maximum Gasteiger partial charge on any atom is 0.272 e. The molecule has 1 amide bonds. The van der Waals surface area contributed by atoms with Gasteiger partial charge in [-0.15, -0.1) is 0 Å². The van der Waals surface area contributed by atoms with Crippen LogP contribution in [-0.2, 0) is 6.54 Å². The largest absolute Gasteiger partial charge is 0.497 e. The van der Waals surface area contributed by atoms with Crippen molar-refractivity contribution in [3.63, 3.8) is 0 Å². The van der Waals surface area contributed by atoms with Gasteiger partial charge in [0, 0.05) is 6.54 Å². The molecule has 108 valence electrons. The van der Waals surface area contributed by atoms with Crippen molar-refractivity contribution < 1.29 is 9.53 Å². The van der Waals surface area contributed by atoms with Crippen LogP contribution in [0.15, 0.2) is 29.8 Å². The molecular weight excluding hydrogens is 288 g/mol. The van der Waals surface area contributed by atoms with E-state index in [2.05, 4.69) is 15.4 Å². The number of aryl methyl sites for hydroxylation is 1. The summed E-state index contributed by atoms with van der Waals surface area (Å²) < 4.78 is 6.68. The van der Waals surface area contributed by atoms with Crippen molar-refractivity contribution in [1.82, 2.24) is 19.9 Å². The van der Waals surface area contributed by atoms with Gasteiger partial charge in [0.2, 0.25) is 4.96 Å². The Labute approximate surface area is 125 Å². The van der Waals surface area contributed by atoms with Gasteiger partial charge in [0.15, 0.2) is 5.69 Å². The van der Waals surface area contributed by atoms with Crippen LogP contribution >= 0.6 is 11.3 Å². The lowest BCUT2D eigenvalue weighted by molar-refractivity contribution is 0.0943. The molecule has 0 atom stereocenters. The molecule has 0 radical (unpaired) electrons. The van der Waals surface area contributed by atoms with Gasteiger partial charge in [-0.1, -0.05) is 23.5 Å². The number of imidazole rings is 1. The quantitative estimate of drug-likeness (QED) is 0.801. The van der Waals surface area contributed by atoms with Crippen molar-refractivity contribution in [2.24, 2.45) is 0 Å². The molecule has 1 N–H and O–H groups in total. The smallest absolute Gasteiger partial charge is 0.272 e. The lowest BCUT2D eigenvalue weighted by Gasteiger charge is -2.06. The van der Waals surface area contributed by atoms with Gasteiger partial charge in [0.05, 0.1) is 12.8 Å². The Morgan fingerprint density at radius 3 is 2.86 bits per heavy atom. The zero-order valence-electron chi connectivity index (χ0n) is 11.7. The van der Waals surface area contributed by atoms with E-state index < -0.39 is 0 Å². The molecule has 0 aliphatic carbocycles. The minimum Gasteiger partial charge on any atom is -0.497 e. The van der Waals surface area contributed by atoms with E-state index >= 15 is 0 Å². The third-order valence-corrected chi connectivity index (χ3v) is 3.82. The highest BCUT2D eigenvalue weighted by Crippen LogP contribution is 2.15. The first kappa shape index (κ1) is 13.6. The Hall–Kier alpha value is -2.41. The van der Waals surface area contributed by atoms with Crippen LogP contribution in [-0.4, -0.2) is 27.6 Å². The van der Waals surface area contributed by atoms with Gasteiger partial charge >= 0.3 is 0 Å². The Bertz CT molecular complexity index is 776. The van der Waals surface area contributed by atoms with Gasteiger partial charge in [-0.2, -0.15) is 9.61 Å². The number of aromatic nitrogens is 3. The van der Waals surface area contributed by atoms with E-state index in [-0.39, 0.29) is 5.91 Å². The number of hydrogen-bond acceptors (Lipinski definition) is 5. The van der Waals surface area contributed by atoms with Crippen molar-refractivity contribution in [2.45, 2.75) is 13.5 Å². The van der Waals surface area contributed by atoms with Crippen LogP contribution in [0.1, 0.15) is 21.7 Å². The minimum atomic E-state index is -0.179. The predicted octanol–water partition coefficient (Wildman–Crippen LogP) is 2.04. The zero-order valence-corrected chi connectivity index (χ0v) is 12.5. The molecule has 21 heavy (non-hydrogen) atoms. The number of carbonyl (C=O) groups is 1. The molecule has 0 unspecified atom stereocenters. The van der Waals surface area contributed by atoms with E-state index in [1.807, 2.05) is 31.2 Å². The number of nitrogens with one attached hydrogen (secondary N) is 1. The second-order valence-electron chi connectivity index (χ2n) is 4.51. The number of carbonyl (C=O) groups excluding carboxylic acids is 1. The molecule has 0 bridgehead atoms. The van der Waals surface area contributed by atoms with E-state index in [1.54, 1.807) is 17.1 Å². The normalized spacial score (nSPS) is 10.8. The predicted molar refractivity (Wildman–Crippen MR) is 79.8 cm³/mol. The topological polar surface area (TPSA) is 68.5 Å². The molecule has 3 rings (SSSR count). The number of fused-ring (bicyclic) bond motifs is 1. The molecule has 7 heteroatoms. The standard InChI is InChI=1S/C14H14N4O2S/c1-9-12(18-14(17-9)21-8-16-18)13(19)15-7-10-3-5-11(20-2)6-4-10/h3-6,8H,7H2,1-2H3,(H,15,19). The number of nitrogens with zero attached hydrogens (tertiary/aromatic N) is 3. The average Bonchev–Trinajstić information content (AvgIpc) is 3.05. The van der Waals surface area contributed by atoms with E-state index in [9.17, 15) is 4.79 Å². The maximum atomic E-state index is 12.3. The van der Waals surface area contributed by atoms with Gasteiger partial charge in [-0.25, -0.2) is 4.98 Å². The van der Waals surface area contributed by atoms with Crippen LogP contribution in [0.3, 0.4) is 0 Å². The summed E-state index contributed by atoms with van der Waals surface area (Å²) in [5.41, 5.74) is 3.84. The van der Waals surface area contributed by atoms with Crippen molar-refractivity contribution in [2.75, 3.05) is 7.11 Å². The molecule has 0 spiro atoms. The summed E-state index contributed by atoms with van der Waals surface area (Å²) >= 11 is 1.41. The van der Waals surface area contributed by atoms with E-state index in [0.717, 1.165) is 16.3 Å². The molecule has 0 aliphatic rings. The van der Waals surface area contributed by atoms with Crippen molar-refractivity contribution in [3.05, 3.63) is 46.7 Å². The molecule has 6 nitrogen and oxygen atoms in total. The lowest BCUT2D eigenvalue weighted by Crippen LogP contribution is -2.25. The fraction of sp³-hybridized carbons (Fsp3) is 0.214. The summed E-state index contributed by atoms with van der Waals surface area (Å²) in [5.74, 6) is 0.614. The number of amides is 1. The first-order chi connectivity index (χ1) is 10.2. The van der Waals surface area contributed by atoms with Crippen LogP contribution in [0.25, 0.3) is 4.96 Å². The number of benzene rings is 1. The number of hydrogen-bond donors (Lipinski definition) is 1. The zero-order chi connectivity index (χ0) is 14.8. The van der Waals surface area contributed by atoms with Gasteiger partial charge in [-0.3, -0.25) is 4.79 Å². The van der Waals surface area contributed by atoms with Crippen LogP contribution < -0.4 is 10.1 Å². The summed E-state index contributed by atoms with van der Waals surface area (Å²) in [5, 5.41) is 7.02. The molecule has 1 aromatic carbocycles. The Balaban J connectivity index is 1.74. The fourth-order valence-electron chi connectivity index (χ4n) is 2.06. The monoisotopic (exact) mass is 302 g/mol. The Morgan fingerprint density at radius 2 is 2.14 bits per heavy atom. The van der Waals surface area contributed by atoms with Crippen LogP contribution in [0.5, 0.6) is 5.75 Å². The van der Waals surface area contributed by atoms with Gasteiger partial charge in [-0.05, 0) is 24.6 Å². The van der Waals surface area contributed by atoms with Gasteiger partial charge in [0.25, 0.3) is 5.91 Å². The number of ether oxygens (including phenoxy) is 1. The summed E-state index contributed by atoms with van der Waals surface area (Å²) in [6, 6.07) is 7.57. The van der Waals surface area contributed by atoms with E-state index in [0.29, 0.717) is 17.9 Å². The van der Waals surface area contributed by atoms with Crippen molar-refractivity contribution in [1.29, 1.82) is 0 Å². The first-order valence-electron chi connectivity index (χ1n) is 6.39. The minimum absolute atomic E-state index is 0.179. The molecule has 2 heterocycles. The van der Waals surface area contributed by atoms with Gasteiger partial charge in [0.1, 0.15) is 11.3 Å². The fourth-order valence-corrected chi connectivity index (χ4v) is 2.73. The molecule has 2 aromatic heterocycles. The molecule has 0 saturated carbocycles. The maximum absolute atomic E-state index is 12.3. The number of rotatable bonds is 4. The molecule has 3 aromatic rings. The third kappa shape index (κ3) is 2.59. The third-order valence-electron chi connectivity index (χ3n) is 3.15. The second kappa shape index (κ2) is 5.53. The second-order valence-corrected chi connectivity index (χ2v) is 5.32. The Morgan fingerprint density at radius 1 is 1.38 bits per heavy atom. The van der Waals surface area contributed by atoms with Crippen LogP contribution in [0.4, 0.5) is 0 Å². The van der Waals surface area contributed by atoms with Gasteiger partial charge < -0.3 is 10.1 Å². The summed E-state index contributed by atoms with van der Waals surface area (Å²) in [6.45, 7) is 2.25. The summed E-state index contributed by atoms with van der Waals surface area (Å²) in [6.07, 6.45) is 0. The average molecular weight is 302 g/mol. The van der Waals surface area contributed by atoms with Crippen molar-refractivity contribution in [3.8, 4) is 5.75 Å². The highest BCUT2D eigenvalue weighted by atomic mass is 32.1. The summed E-state index contributed by atoms with van der Waals surface area (Å²) in [7, 11) is 1.62. The highest BCUT2D eigenvalue weighted by molar-refractivity contribution is 7.14. The Kier molecular flexibility index (Phi) is 3.57. The highest BCUT2D eigenvalue weighted by Gasteiger charge is 2.17. The molecular formula is C14H14N4O2S. The SMILES string of the molecule is COc1ccc(CNC(=O)c2c(C)nc3scnn23)cc1.